The molecule has 0 saturated carbocycles. The Labute approximate surface area is 248 Å². The van der Waals surface area contributed by atoms with Gasteiger partial charge in [-0.3, -0.25) is 14.7 Å². The topological polar surface area (TPSA) is 113 Å². The summed E-state index contributed by atoms with van der Waals surface area (Å²) in [6, 6.07) is 14.8. The van der Waals surface area contributed by atoms with Crippen LogP contribution < -0.4 is 19.7 Å². The van der Waals surface area contributed by atoms with Gasteiger partial charge >= 0.3 is 0 Å². The zero-order valence-electron chi connectivity index (χ0n) is 22.9. The lowest BCUT2D eigenvalue weighted by atomic mass is 10.1. The van der Waals surface area contributed by atoms with Crippen molar-refractivity contribution in [2.75, 3.05) is 43.0 Å². The molecule has 0 bridgehead atoms. The largest absolute Gasteiger partial charge is 0.489 e. The Hall–Kier alpha value is -4.25. The molecule has 4 heterocycles. The number of aromatic nitrogens is 3. The van der Waals surface area contributed by atoms with Crippen molar-refractivity contribution < 1.29 is 19.4 Å². The van der Waals surface area contributed by atoms with Crippen LogP contribution in [0, 0.1) is 0 Å². The molecule has 1 amide bonds. The molecule has 6 rings (SSSR count). The van der Waals surface area contributed by atoms with Crippen LogP contribution in [0.1, 0.15) is 18.5 Å². The number of piperidine rings is 1. The summed E-state index contributed by atoms with van der Waals surface area (Å²) in [5.74, 6) is 1.51. The van der Waals surface area contributed by atoms with Crippen LogP contribution in [0.15, 0.2) is 73.2 Å². The summed E-state index contributed by atoms with van der Waals surface area (Å²) in [5, 5.41) is 14.2. The van der Waals surface area contributed by atoms with Crippen LogP contribution in [0.2, 0.25) is 5.02 Å². The average molecular weight is 587 g/mol. The van der Waals surface area contributed by atoms with Crippen molar-refractivity contribution in [1.82, 2.24) is 19.9 Å². The maximum atomic E-state index is 13.2. The number of likely N-dealkylation sites (tertiary alicyclic amines) is 1. The molecule has 0 atom stereocenters. The first-order chi connectivity index (χ1) is 20.5. The van der Waals surface area contributed by atoms with Gasteiger partial charge < -0.3 is 24.8 Å². The highest BCUT2D eigenvalue weighted by molar-refractivity contribution is 6.32. The Morgan fingerprint density at radius 3 is 2.81 bits per heavy atom. The number of fused-ring (bicyclic) bond motifs is 3. The third kappa shape index (κ3) is 6.30. The number of aliphatic hydroxyl groups is 1. The van der Waals surface area contributed by atoms with Gasteiger partial charge in [-0.1, -0.05) is 23.7 Å². The Bertz CT molecular complexity index is 1590. The van der Waals surface area contributed by atoms with Crippen LogP contribution in [0.4, 0.5) is 17.2 Å². The smallest absolute Gasteiger partial charge is 0.250 e. The third-order valence-corrected chi connectivity index (χ3v) is 7.63. The van der Waals surface area contributed by atoms with E-state index in [9.17, 15) is 9.90 Å². The number of aliphatic hydroxyl groups excluding tert-OH is 1. The molecule has 10 nitrogen and oxygen atoms in total. The van der Waals surface area contributed by atoms with Gasteiger partial charge in [0, 0.05) is 37.6 Å². The van der Waals surface area contributed by atoms with E-state index < -0.39 is 0 Å². The molecule has 42 heavy (non-hydrogen) atoms. The molecule has 0 spiro atoms. The second-order valence-corrected chi connectivity index (χ2v) is 10.6. The molecule has 2 N–H and O–H groups in total. The average Bonchev–Trinajstić information content (AvgIpc) is 3.01. The number of carbonyl (C=O) groups is 1. The maximum Gasteiger partial charge on any atom is 0.250 e. The van der Waals surface area contributed by atoms with Gasteiger partial charge in [0.25, 0.3) is 5.91 Å². The van der Waals surface area contributed by atoms with Crippen molar-refractivity contribution in [2.45, 2.75) is 25.6 Å². The Morgan fingerprint density at radius 1 is 1.12 bits per heavy atom. The fourth-order valence-electron chi connectivity index (χ4n) is 5.11. The monoisotopic (exact) mass is 586 g/mol. The van der Waals surface area contributed by atoms with Crippen molar-refractivity contribution in [3.63, 3.8) is 0 Å². The van der Waals surface area contributed by atoms with Crippen molar-refractivity contribution in [3.8, 4) is 11.5 Å². The summed E-state index contributed by atoms with van der Waals surface area (Å²) in [7, 11) is 0. The zero-order chi connectivity index (χ0) is 28.9. The number of benzene rings is 2. The van der Waals surface area contributed by atoms with E-state index in [1.165, 1.54) is 6.33 Å². The van der Waals surface area contributed by atoms with Crippen molar-refractivity contribution in [3.05, 3.63) is 83.9 Å². The number of rotatable bonds is 8. The molecule has 2 aliphatic rings. The predicted molar refractivity (Wildman–Crippen MR) is 162 cm³/mol. The minimum atomic E-state index is -0.219. The van der Waals surface area contributed by atoms with Gasteiger partial charge in [-0.05, 0) is 55.3 Å². The van der Waals surface area contributed by atoms with Crippen LogP contribution in [0.5, 0.6) is 11.5 Å². The number of hydrogen-bond donors (Lipinski definition) is 2. The van der Waals surface area contributed by atoms with Gasteiger partial charge in [-0.15, -0.1) is 0 Å². The number of carbonyl (C=O) groups excluding carboxylic acids is 1. The SMILES string of the molecule is O=C(/C=C/CN1CCC(O)CC1)N1CCOc2c1ccc1ncnc(Nc3ccc(OCc4ccccn4)c(Cl)c3)c21. The minimum absolute atomic E-state index is 0.115. The minimum Gasteiger partial charge on any atom is -0.489 e. The van der Waals surface area contributed by atoms with Crippen LogP contribution in [-0.2, 0) is 11.4 Å². The molecule has 0 unspecified atom stereocenters. The molecule has 0 aliphatic carbocycles. The highest BCUT2D eigenvalue weighted by Gasteiger charge is 2.26. The molecule has 1 saturated heterocycles. The van der Waals surface area contributed by atoms with Crippen LogP contribution in [0.3, 0.4) is 0 Å². The van der Waals surface area contributed by atoms with Gasteiger partial charge in [-0.25, -0.2) is 9.97 Å². The Balaban J connectivity index is 1.20. The number of halogens is 1. The van der Waals surface area contributed by atoms with E-state index in [2.05, 4.69) is 25.2 Å². The molecule has 2 aromatic heterocycles. The summed E-state index contributed by atoms with van der Waals surface area (Å²) >= 11 is 6.54. The number of pyridine rings is 1. The van der Waals surface area contributed by atoms with E-state index in [-0.39, 0.29) is 12.0 Å². The highest BCUT2D eigenvalue weighted by Crippen LogP contribution is 2.42. The number of ether oxygens (including phenoxy) is 2. The lowest BCUT2D eigenvalue weighted by molar-refractivity contribution is -0.114. The van der Waals surface area contributed by atoms with Gasteiger partial charge in [0.15, 0.2) is 5.75 Å². The standard InChI is InChI=1S/C31H31ClN6O4/c32-24-18-21(6-9-27(24)42-19-22-4-1-2-12-33-22)36-31-29-25(34-20-35-31)7-8-26-30(29)41-17-16-38(26)28(40)5-3-13-37-14-10-23(39)11-15-37/h1-9,12,18,20,23,39H,10-11,13-17,19H2,(H,34,35,36)/b5-3+. The van der Waals surface area contributed by atoms with Crippen LogP contribution >= 0.6 is 11.6 Å². The van der Waals surface area contributed by atoms with Gasteiger partial charge in [0.1, 0.15) is 31.1 Å². The lowest BCUT2D eigenvalue weighted by Gasteiger charge is -2.30. The predicted octanol–water partition coefficient (Wildman–Crippen LogP) is 4.74. The molecule has 2 aromatic carbocycles. The first-order valence-corrected chi connectivity index (χ1v) is 14.3. The van der Waals surface area contributed by atoms with Crippen molar-refractivity contribution in [1.29, 1.82) is 0 Å². The molecule has 216 valence electrons. The van der Waals surface area contributed by atoms with E-state index >= 15 is 0 Å². The van der Waals surface area contributed by atoms with Crippen LogP contribution in [0.25, 0.3) is 10.9 Å². The van der Waals surface area contributed by atoms with E-state index in [1.807, 2.05) is 42.5 Å². The Morgan fingerprint density at radius 2 is 2.00 bits per heavy atom. The maximum absolute atomic E-state index is 13.2. The highest BCUT2D eigenvalue weighted by atomic mass is 35.5. The first kappa shape index (κ1) is 27.9. The van der Waals surface area contributed by atoms with E-state index in [4.69, 9.17) is 21.1 Å². The molecule has 2 aliphatic heterocycles. The number of amides is 1. The normalized spacial score (nSPS) is 15.9. The third-order valence-electron chi connectivity index (χ3n) is 7.33. The van der Waals surface area contributed by atoms with Gasteiger partial charge in [0.2, 0.25) is 0 Å². The lowest BCUT2D eigenvalue weighted by Crippen LogP contribution is -2.37. The number of nitrogens with zero attached hydrogens (tertiary/aromatic N) is 5. The van der Waals surface area contributed by atoms with Crippen molar-refractivity contribution >= 4 is 45.6 Å². The molecule has 11 heteroatoms. The number of anilines is 3. The van der Waals surface area contributed by atoms with Gasteiger partial charge in [-0.2, -0.15) is 0 Å². The fraction of sp³-hybridized carbons (Fsp3) is 0.290. The summed E-state index contributed by atoms with van der Waals surface area (Å²) in [6.45, 7) is 3.41. The molecular weight excluding hydrogens is 556 g/mol. The van der Waals surface area contributed by atoms with Gasteiger partial charge in [0.05, 0.1) is 40.0 Å². The number of hydrogen-bond acceptors (Lipinski definition) is 9. The Kier molecular flexibility index (Phi) is 8.45. The summed E-state index contributed by atoms with van der Waals surface area (Å²) < 4.78 is 12.0. The fourth-order valence-corrected chi connectivity index (χ4v) is 5.35. The molecule has 0 radical (unpaired) electrons. The van der Waals surface area contributed by atoms with E-state index in [0.717, 1.165) is 31.6 Å². The molecular formula is C31H31ClN6O4. The summed E-state index contributed by atoms with van der Waals surface area (Å²) in [6.07, 6.45) is 8.02. The van der Waals surface area contributed by atoms with Crippen molar-refractivity contribution in [2.24, 2.45) is 0 Å². The second-order valence-electron chi connectivity index (χ2n) is 10.2. The first-order valence-electron chi connectivity index (χ1n) is 13.9. The quantitative estimate of drug-likeness (QED) is 0.283. The summed E-state index contributed by atoms with van der Waals surface area (Å²) in [5.41, 5.74) is 2.86. The zero-order valence-corrected chi connectivity index (χ0v) is 23.7. The molecule has 4 aromatic rings. The molecule has 1 fully saturated rings. The second kappa shape index (κ2) is 12.7. The number of nitrogens with one attached hydrogen (secondary N) is 1. The van der Waals surface area contributed by atoms with Crippen LogP contribution in [-0.4, -0.2) is 69.8 Å². The summed E-state index contributed by atoms with van der Waals surface area (Å²) in [4.78, 5) is 30.4. The van der Waals surface area contributed by atoms with E-state index in [0.29, 0.717) is 70.9 Å². The van der Waals surface area contributed by atoms with E-state index in [1.54, 1.807) is 29.3 Å².